The number of aromatic nitrogens is 1. The molecule has 1 atom stereocenters. The topological polar surface area (TPSA) is 28.5 Å². The van der Waals surface area contributed by atoms with Gasteiger partial charge >= 0.3 is 0 Å². The largest absolute Gasteiger partial charge is 0.348 e. The number of carbonyl (C=O) groups excluding carboxylic acids is 1. The zero-order valence-electron chi connectivity index (χ0n) is 13.7. The van der Waals surface area contributed by atoms with E-state index in [4.69, 9.17) is 0 Å². The number of carbonyl (C=O) groups is 1. The molecule has 0 radical (unpaired) electrons. The van der Waals surface area contributed by atoms with E-state index in [1.54, 1.807) is 0 Å². The normalized spacial score (nSPS) is 24.4. The van der Waals surface area contributed by atoms with E-state index in [-0.39, 0.29) is 11.4 Å². The predicted molar refractivity (Wildman–Crippen MR) is 84.5 cm³/mol. The van der Waals surface area contributed by atoms with Gasteiger partial charge in [-0.05, 0) is 46.6 Å². The molecule has 0 N–H and O–H groups in total. The monoisotopic (exact) mass is 289 g/mol. The molecule has 4 nitrogen and oxygen atoms in total. The molecule has 1 aromatic rings. The standard InChI is InChI=1S/C17H27N3O/c1-13-11-18(15-5-6-15)9-10-20(13)16(21)14-7-8-19(12-14)17(2,3)4/h7-8,12-13,15H,5-6,9-11H2,1-4H3. The van der Waals surface area contributed by atoms with Crippen molar-refractivity contribution in [2.75, 3.05) is 19.6 Å². The fourth-order valence-corrected chi connectivity index (χ4v) is 3.16. The van der Waals surface area contributed by atoms with Crippen LogP contribution in [-0.4, -0.2) is 52.0 Å². The Hall–Kier alpha value is -1.29. The number of piperazine rings is 1. The lowest BCUT2D eigenvalue weighted by atomic mass is 10.1. The molecule has 1 saturated heterocycles. The minimum Gasteiger partial charge on any atom is -0.348 e. The Labute approximate surface area is 127 Å². The molecule has 1 amide bonds. The molecule has 1 unspecified atom stereocenters. The van der Waals surface area contributed by atoms with Gasteiger partial charge < -0.3 is 9.47 Å². The number of rotatable bonds is 2. The Morgan fingerprint density at radius 2 is 1.95 bits per heavy atom. The van der Waals surface area contributed by atoms with Gasteiger partial charge in [0.1, 0.15) is 0 Å². The van der Waals surface area contributed by atoms with Crippen LogP contribution in [0.25, 0.3) is 0 Å². The van der Waals surface area contributed by atoms with Gasteiger partial charge in [0.25, 0.3) is 5.91 Å². The summed E-state index contributed by atoms with van der Waals surface area (Å²) in [5.74, 6) is 0.181. The van der Waals surface area contributed by atoms with Crippen LogP contribution in [0, 0.1) is 0 Å². The molecule has 1 saturated carbocycles. The van der Waals surface area contributed by atoms with Crippen LogP contribution in [0.1, 0.15) is 50.9 Å². The van der Waals surface area contributed by atoms with Crippen LogP contribution in [-0.2, 0) is 5.54 Å². The van der Waals surface area contributed by atoms with Crippen LogP contribution in [0.3, 0.4) is 0 Å². The average Bonchev–Trinajstić information content (AvgIpc) is 3.13. The van der Waals surface area contributed by atoms with Crippen LogP contribution in [0.15, 0.2) is 18.5 Å². The second kappa shape index (κ2) is 5.16. The Morgan fingerprint density at radius 1 is 1.24 bits per heavy atom. The van der Waals surface area contributed by atoms with Gasteiger partial charge in [0, 0.05) is 49.7 Å². The van der Waals surface area contributed by atoms with Crippen molar-refractivity contribution in [2.24, 2.45) is 0 Å². The van der Waals surface area contributed by atoms with Gasteiger partial charge in [0.2, 0.25) is 0 Å². The molecule has 0 spiro atoms. The van der Waals surface area contributed by atoms with E-state index in [0.29, 0.717) is 6.04 Å². The van der Waals surface area contributed by atoms with Crippen molar-refractivity contribution in [3.63, 3.8) is 0 Å². The highest BCUT2D eigenvalue weighted by Gasteiger charge is 2.35. The lowest BCUT2D eigenvalue weighted by Crippen LogP contribution is -2.54. The Morgan fingerprint density at radius 3 is 2.48 bits per heavy atom. The predicted octanol–water partition coefficient (Wildman–Crippen LogP) is 2.55. The molecule has 21 heavy (non-hydrogen) atoms. The first-order chi connectivity index (χ1) is 9.86. The van der Waals surface area contributed by atoms with E-state index in [2.05, 4.69) is 37.2 Å². The molecule has 116 valence electrons. The van der Waals surface area contributed by atoms with E-state index >= 15 is 0 Å². The summed E-state index contributed by atoms with van der Waals surface area (Å²) >= 11 is 0. The fourth-order valence-electron chi connectivity index (χ4n) is 3.16. The first-order valence-electron chi connectivity index (χ1n) is 8.10. The van der Waals surface area contributed by atoms with E-state index in [1.165, 1.54) is 12.8 Å². The maximum absolute atomic E-state index is 12.7. The third kappa shape index (κ3) is 3.00. The number of amides is 1. The highest BCUT2D eigenvalue weighted by atomic mass is 16.2. The first kappa shape index (κ1) is 14.6. The van der Waals surface area contributed by atoms with Gasteiger partial charge in [0.15, 0.2) is 0 Å². The highest BCUT2D eigenvalue weighted by Crippen LogP contribution is 2.29. The van der Waals surface area contributed by atoms with Crippen LogP contribution in [0.4, 0.5) is 0 Å². The molecule has 4 heteroatoms. The van der Waals surface area contributed by atoms with Crippen molar-refractivity contribution in [2.45, 2.75) is 58.2 Å². The quantitative estimate of drug-likeness (QED) is 0.837. The van der Waals surface area contributed by atoms with Crippen molar-refractivity contribution in [3.05, 3.63) is 24.0 Å². The fraction of sp³-hybridized carbons (Fsp3) is 0.706. The second-order valence-electron chi connectivity index (χ2n) is 7.55. The SMILES string of the molecule is CC1CN(C2CC2)CCN1C(=O)c1ccn(C(C)(C)C)c1. The summed E-state index contributed by atoms with van der Waals surface area (Å²) in [4.78, 5) is 17.3. The minimum absolute atomic E-state index is 0.0226. The van der Waals surface area contributed by atoms with Gasteiger partial charge in [-0.3, -0.25) is 9.69 Å². The summed E-state index contributed by atoms with van der Waals surface area (Å²) in [5, 5.41) is 0. The molecule has 1 aliphatic heterocycles. The summed E-state index contributed by atoms with van der Waals surface area (Å²) in [7, 11) is 0. The van der Waals surface area contributed by atoms with Crippen LogP contribution >= 0.6 is 0 Å². The minimum atomic E-state index is 0.0226. The van der Waals surface area contributed by atoms with Crippen LogP contribution < -0.4 is 0 Å². The summed E-state index contributed by atoms with van der Waals surface area (Å²) in [6.45, 7) is 11.5. The molecule has 0 aromatic carbocycles. The van der Waals surface area contributed by atoms with Crippen molar-refractivity contribution in [1.82, 2.24) is 14.4 Å². The lowest BCUT2D eigenvalue weighted by molar-refractivity contribution is 0.0474. The van der Waals surface area contributed by atoms with Gasteiger partial charge in [-0.2, -0.15) is 0 Å². The van der Waals surface area contributed by atoms with Gasteiger partial charge in [0.05, 0.1) is 5.56 Å². The maximum Gasteiger partial charge on any atom is 0.255 e. The van der Waals surface area contributed by atoms with Gasteiger partial charge in [-0.15, -0.1) is 0 Å². The van der Waals surface area contributed by atoms with E-state index in [1.807, 2.05) is 23.4 Å². The van der Waals surface area contributed by atoms with Gasteiger partial charge in [-0.1, -0.05) is 0 Å². The summed E-state index contributed by atoms with van der Waals surface area (Å²) in [5.41, 5.74) is 0.839. The van der Waals surface area contributed by atoms with E-state index < -0.39 is 0 Å². The second-order valence-corrected chi connectivity index (χ2v) is 7.55. The van der Waals surface area contributed by atoms with Crippen molar-refractivity contribution >= 4 is 5.91 Å². The molecular weight excluding hydrogens is 262 g/mol. The molecule has 2 aliphatic rings. The summed E-state index contributed by atoms with van der Waals surface area (Å²) in [6.07, 6.45) is 6.69. The van der Waals surface area contributed by atoms with Gasteiger partial charge in [-0.25, -0.2) is 0 Å². The number of hydrogen-bond donors (Lipinski definition) is 0. The summed E-state index contributed by atoms with van der Waals surface area (Å²) in [6, 6.07) is 3.06. The molecule has 2 heterocycles. The Kier molecular flexibility index (Phi) is 3.60. The molecule has 0 bridgehead atoms. The third-order valence-corrected chi connectivity index (χ3v) is 4.70. The average molecular weight is 289 g/mol. The molecule has 1 aliphatic carbocycles. The number of nitrogens with zero attached hydrogens (tertiary/aromatic N) is 3. The zero-order valence-corrected chi connectivity index (χ0v) is 13.7. The van der Waals surface area contributed by atoms with Crippen molar-refractivity contribution < 1.29 is 4.79 Å². The molecular formula is C17H27N3O. The Bertz CT molecular complexity index is 524. The lowest BCUT2D eigenvalue weighted by Gasteiger charge is -2.40. The summed E-state index contributed by atoms with van der Waals surface area (Å²) < 4.78 is 2.12. The smallest absolute Gasteiger partial charge is 0.255 e. The van der Waals surface area contributed by atoms with E-state index in [0.717, 1.165) is 31.2 Å². The first-order valence-corrected chi connectivity index (χ1v) is 8.10. The maximum atomic E-state index is 12.7. The zero-order chi connectivity index (χ0) is 15.2. The molecule has 3 rings (SSSR count). The Balaban J connectivity index is 1.68. The highest BCUT2D eigenvalue weighted by molar-refractivity contribution is 5.94. The van der Waals surface area contributed by atoms with Crippen LogP contribution in [0.2, 0.25) is 0 Å². The number of hydrogen-bond acceptors (Lipinski definition) is 2. The van der Waals surface area contributed by atoms with Crippen molar-refractivity contribution in [1.29, 1.82) is 0 Å². The molecule has 1 aromatic heterocycles. The molecule has 2 fully saturated rings. The van der Waals surface area contributed by atoms with E-state index in [9.17, 15) is 4.79 Å². The third-order valence-electron chi connectivity index (χ3n) is 4.70. The van der Waals surface area contributed by atoms with Crippen molar-refractivity contribution in [3.8, 4) is 0 Å². The van der Waals surface area contributed by atoms with Crippen LogP contribution in [0.5, 0.6) is 0 Å².